The lowest BCUT2D eigenvalue weighted by Gasteiger charge is -2.22. The monoisotopic (exact) mass is 294 g/mol. The standard InChI is InChI=1S/C15H16F2N2O2/c1-2-18-13-9-4-3-5-12(21-15(16)17)14(9)19-11-6-7-20-8-10(11)13/h3-5,15H,2,6-8H2,1H3,(H,18,19). The molecule has 0 bridgehead atoms. The predicted octanol–water partition coefficient (Wildman–Crippen LogP) is 3.34. The van der Waals surface area contributed by atoms with Crippen LogP contribution in [-0.4, -0.2) is 24.7 Å². The van der Waals surface area contributed by atoms with Gasteiger partial charge < -0.3 is 14.8 Å². The van der Waals surface area contributed by atoms with Gasteiger partial charge in [0.15, 0.2) is 5.75 Å². The molecule has 6 heteroatoms. The van der Waals surface area contributed by atoms with Gasteiger partial charge in [-0.3, -0.25) is 0 Å². The first kappa shape index (κ1) is 14.0. The molecule has 1 aromatic carbocycles. The number of fused-ring (bicyclic) bond motifs is 2. The molecule has 1 N–H and O–H groups in total. The molecular weight excluding hydrogens is 278 g/mol. The minimum atomic E-state index is -2.86. The fourth-order valence-electron chi connectivity index (χ4n) is 2.62. The second-order valence-electron chi connectivity index (χ2n) is 4.78. The van der Waals surface area contributed by atoms with Crippen molar-refractivity contribution in [3.8, 4) is 5.75 Å². The summed E-state index contributed by atoms with van der Waals surface area (Å²) < 4.78 is 35.2. The van der Waals surface area contributed by atoms with Gasteiger partial charge in [0.2, 0.25) is 0 Å². The van der Waals surface area contributed by atoms with Crippen LogP contribution in [0.3, 0.4) is 0 Å². The van der Waals surface area contributed by atoms with E-state index in [9.17, 15) is 8.78 Å². The molecule has 0 radical (unpaired) electrons. The molecule has 0 fully saturated rings. The lowest BCUT2D eigenvalue weighted by atomic mass is 10.0. The van der Waals surface area contributed by atoms with Crippen molar-refractivity contribution in [2.45, 2.75) is 26.6 Å². The summed E-state index contributed by atoms with van der Waals surface area (Å²) >= 11 is 0. The summed E-state index contributed by atoms with van der Waals surface area (Å²) in [4.78, 5) is 4.53. The van der Waals surface area contributed by atoms with Crippen LogP contribution >= 0.6 is 0 Å². The normalized spacial score (nSPS) is 14.3. The Morgan fingerprint density at radius 2 is 2.29 bits per heavy atom. The zero-order chi connectivity index (χ0) is 14.8. The first-order valence-electron chi connectivity index (χ1n) is 6.91. The number of pyridine rings is 1. The number of benzene rings is 1. The second-order valence-corrected chi connectivity index (χ2v) is 4.78. The molecule has 0 spiro atoms. The van der Waals surface area contributed by atoms with Crippen LogP contribution in [0.1, 0.15) is 18.2 Å². The number of alkyl halides is 2. The molecule has 0 saturated carbocycles. The lowest BCUT2D eigenvalue weighted by molar-refractivity contribution is -0.0489. The zero-order valence-electron chi connectivity index (χ0n) is 11.7. The molecule has 1 aromatic heterocycles. The van der Waals surface area contributed by atoms with Crippen molar-refractivity contribution in [2.75, 3.05) is 18.5 Å². The molecule has 0 atom stereocenters. The summed E-state index contributed by atoms with van der Waals surface area (Å²) in [5.74, 6) is 0.107. The number of halogens is 2. The molecule has 112 valence electrons. The molecule has 0 saturated heterocycles. The smallest absolute Gasteiger partial charge is 0.387 e. The van der Waals surface area contributed by atoms with Crippen molar-refractivity contribution in [3.05, 3.63) is 29.5 Å². The molecular formula is C15H16F2N2O2. The molecule has 1 aliphatic rings. The van der Waals surface area contributed by atoms with E-state index in [1.807, 2.05) is 13.0 Å². The third kappa shape index (κ3) is 2.63. The number of ether oxygens (including phenoxy) is 2. The summed E-state index contributed by atoms with van der Waals surface area (Å²) in [6, 6.07) is 5.06. The Bertz CT molecular complexity index is 662. The number of para-hydroxylation sites is 1. The van der Waals surface area contributed by atoms with Gasteiger partial charge in [-0.2, -0.15) is 8.78 Å². The Kier molecular flexibility index (Phi) is 3.88. The Labute approximate surface area is 121 Å². The second kappa shape index (κ2) is 5.81. The van der Waals surface area contributed by atoms with Gasteiger partial charge in [-0.25, -0.2) is 4.98 Å². The summed E-state index contributed by atoms with van der Waals surface area (Å²) in [5, 5.41) is 4.07. The van der Waals surface area contributed by atoms with E-state index in [0.717, 1.165) is 28.9 Å². The Morgan fingerprint density at radius 3 is 3.05 bits per heavy atom. The molecule has 3 rings (SSSR count). The van der Waals surface area contributed by atoms with Gasteiger partial charge >= 0.3 is 6.61 Å². The van der Waals surface area contributed by atoms with E-state index in [4.69, 9.17) is 4.74 Å². The maximum atomic E-state index is 12.6. The van der Waals surface area contributed by atoms with Crippen molar-refractivity contribution in [1.82, 2.24) is 4.98 Å². The fraction of sp³-hybridized carbons (Fsp3) is 0.400. The molecule has 0 aliphatic carbocycles. The molecule has 2 aromatic rings. The van der Waals surface area contributed by atoms with E-state index in [-0.39, 0.29) is 5.75 Å². The highest BCUT2D eigenvalue weighted by molar-refractivity contribution is 5.96. The minimum Gasteiger partial charge on any atom is -0.432 e. The van der Waals surface area contributed by atoms with E-state index >= 15 is 0 Å². The van der Waals surface area contributed by atoms with Crippen LogP contribution in [0.15, 0.2) is 18.2 Å². The zero-order valence-corrected chi connectivity index (χ0v) is 11.7. The van der Waals surface area contributed by atoms with Gasteiger partial charge in [-0.05, 0) is 13.0 Å². The maximum Gasteiger partial charge on any atom is 0.387 e. The Morgan fingerprint density at radius 1 is 1.43 bits per heavy atom. The van der Waals surface area contributed by atoms with Gasteiger partial charge in [0.05, 0.1) is 24.6 Å². The van der Waals surface area contributed by atoms with Gasteiger partial charge in [-0.1, -0.05) is 12.1 Å². The summed E-state index contributed by atoms with van der Waals surface area (Å²) in [7, 11) is 0. The van der Waals surface area contributed by atoms with Crippen molar-refractivity contribution >= 4 is 16.6 Å². The largest absolute Gasteiger partial charge is 0.432 e. The van der Waals surface area contributed by atoms with Crippen LogP contribution in [0, 0.1) is 0 Å². The van der Waals surface area contributed by atoms with Crippen LogP contribution in [0.5, 0.6) is 5.75 Å². The highest BCUT2D eigenvalue weighted by Crippen LogP contribution is 2.35. The first-order chi connectivity index (χ1) is 10.2. The van der Waals surface area contributed by atoms with Gasteiger partial charge in [-0.15, -0.1) is 0 Å². The number of rotatable bonds is 4. The first-order valence-corrected chi connectivity index (χ1v) is 6.91. The average Bonchev–Trinajstić information content (AvgIpc) is 2.47. The average molecular weight is 294 g/mol. The number of nitrogens with zero attached hydrogens (tertiary/aromatic N) is 1. The third-order valence-electron chi connectivity index (χ3n) is 3.46. The summed E-state index contributed by atoms with van der Waals surface area (Å²) in [6.45, 7) is 0.933. The number of aromatic nitrogens is 1. The highest BCUT2D eigenvalue weighted by Gasteiger charge is 2.20. The molecule has 0 unspecified atom stereocenters. The van der Waals surface area contributed by atoms with Gasteiger partial charge in [0, 0.05) is 23.9 Å². The van der Waals surface area contributed by atoms with E-state index in [1.165, 1.54) is 6.07 Å². The SMILES string of the molecule is CCNc1c2c(nc3c(OC(F)F)cccc13)CCOC2. The van der Waals surface area contributed by atoms with E-state index in [0.29, 0.717) is 25.2 Å². The molecule has 0 amide bonds. The van der Waals surface area contributed by atoms with E-state index in [2.05, 4.69) is 15.0 Å². The van der Waals surface area contributed by atoms with Gasteiger partial charge in [0.1, 0.15) is 5.52 Å². The summed E-state index contributed by atoms with van der Waals surface area (Å²) in [5.41, 5.74) is 3.26. The Hall–Kier alpha value is -1.95. The number of nitrogens with one attached hydrogen (secondary N) is 1. The lowest BCUT2D eigenvalue weighted by Crippen LogP contribution is -2.16. The van der Waals surface area contributed by atoms with Crippen LogP contribution < -0.4 is 10.1 Å². The number of hydrogen-bond donors (Lipinski definition) is 1. The highest BCUT2D eigenvalue weighted by atomic mass is 19.3. The molecule has 4 nitrogen and oxygen atoms in total. The van der Waals surface area contributed by atoms with Crippen LogP contribution in [0.4, 0.5) is 14.5 Å². The number of hydrogen-bond acceptors (Lipinski definition) is 4. The van der Waals surface area contributed by atoms with Gasteiger partial charge in [0.25, 0.3) is 0 Å². The third-order valence-corrected chi connectivity index (χ3v) is 3.46. The quantitative estimate of drug-likeness (QED) is 0.939. The molecule has 21 heavy (non-hydrogen) atoms. The molecule has 2 heterocycles. The van der Waals surface area contributed by atoms with Crippen LogP contribution in [-0.2, 0) is 17.8 Å². The van der Waals surface area contributed by atoms with Crippen molar-refractivity contribution in [3.63, 3.8) is 0 Å². The van der Waals surface area contributed by atoms with Crippen LogP contribution in [0.2, 0.25) is 0 Å². The number of anilines is 1. The van der Waals surface area contributed by atoms with Crippen molar-refractivity contribution < 1.29 is 18.3 Å². The topological polar surface area (TPSA) is 43.4 Å². The Balaban J connectivity index is 2.23. The van der Waals surface area contributed by atoms with Crippen molar-refractivity contribution in [1.29, 1.82) is 0 Å². The predicted molar refractivity (Wildman–Crippen MR) is 75.9 cm³/mol. The van der Waals surface area contributed by atoms with Crippen LogP contribution in [0.25, 0.3) is 10.9 Å². The van der Waals surface area contributed by atoms with E-state index < -0.39 is 6.61 Å². The fourth-order valence-corrected chi connectivity index (χ4v) is 2.62. The van der Waals surface area contributed by atoms with Crippen molar-refractivity contribution in [2.24, 2.45) is 0 Å². The minimum absolute atomic E-state index is 0.107. The maximum absolute atomic E-state index is 12.6. The van der Waals surface area contributed by atoms with E-state index in [1.54, 1.807) is 6.07 Å². The molecule has 1 aliphatic heterocycles. The summed E-state index contributed by atoms with van der Waals surface area (Å²) in [6.07, 6.45) is 0.673.